The van der Waals surface area contributed by atoms with Gasteiger partial charge in [0.25, 0.3) is 0 Å². The molecule has 0 saturated heterocycles. The van der Waals surface area contributed by atoms with E-state index in [1.807, 2.05) is 0 Å². The van der Waals surface area contributed by atoms with Crippen LogP contribution >= 0.6 is 15.9 Å². The van der Waals surface area contributed by atoms with Crippen LogP contribution in [0.1, 0.15) is 10.6 Å². The molecular formula is C5H5BrN2O3. The maximum Gasteiger partial charge on any atom is 0.371 e. The Kier molecular flexibility index (Phi) is 2.16. The lowest BCUT2D eigenvalue weighted by atomic mass is 10.5. The maximum absolute atomic E-state index is 10.3. The molecule has 0 aliphatic heterocycles. The number of nitrogens with two attached hydrogens (primary N) is 1. The topological polar surface area (TPSA) is 88.5 Å². The van der Waals surface area contributed by atoms with Crippen molar-refractivity contribution in [3.8, 4) is 0 Å². The maximum atomic E-state index is 10.3. The average molecular weight is 221 g/mol. The van der Waals surface area contributed by atoms with Gasteiger partial charge in [0.05, 0.1) is 4.47 Å². The van der Waals surface area contributed by atoms with Crippen molar-refractivity contribution in [1.29, 1.82) is 0 Å². The molecule has 0 aromatic carbocycles. The van der Waals surface area contributed by atoms with Gasteiger partial charge >= 0.3 is 5.97 Å². The Hall–Kier alpha value is -1.01. The van der Waals surface area contributed by atoms with Crippen LogP contribution in [-0.4, -0.2) is 11.1 Å². The average Bonchev–Trinajstić information content (AvgIpc) is 2.31. The standard InChI is InChI=1S/C5H5BrN2O3/c6-2-1-3(5(9)10)11-4(2)8-7/h1,8H,7H2,(H,9,10). The third kappa shape index (κ3) is 1.52. The first kappa shape index (κ1) is 8.09. The predicted octanol–water partition coefficient (Wildman–Crippen LogP) is 1.03. The van der Waals surface area contributed by atoms with Crippen LogP contribution in [0.15, 0.2) is 15.0 Å². The molecule has 0 spiro atoms. The van der Waals surface area contributed by atoms with E-state index in [4.69, 9.17) is 15.4 Å². The number of aromatic carboxylic acids is 1. The molecule has 4 N–H and O–H groups in total. The molecule has 1 heterocycles. The molecular weight excluding hydrogens is 216 g/mol. The minimum Gasteiger partial charge on any atom is -0.475 e. The summed E-state index contributed by atoms with van der Waals surface area (Å²) in [5.74, 6) is 3.90. The van der Waals surface area contributed by atoms with E-state index >= 15 is 0 Å². The van der Waals surface area contributed by atoms with E-state index in [9.17, 15) is 4.79 Å². The van der Waals surface area contributed by atoms with Crippen LogP contribution in [-0.2, 0) is 0 Å². The first-order valence-corrected chi connectivity index (χ1v) is 3.43. The zero-order valence-corrected chi connectivity index (χ0v) is 6.88. The Morgan fingerprint density at radius 2 is 2.45 bits per heavy atom. The molecule has 1 aromatic rings. The monoisotopic (exact) mass is 220 g/mol. The minimum atomic E-state index is -1.13. The second-order valence-electron chi connectivity index (χ2n) is 1.74. The molecule has 60 valence electrons. The highest BCUT2D eigenvalue weighted by molar-refractivity contribution is 9.10. The number of anilines is 1. The van der Waals surface area contributed by atoms with Gasteiger partial charge in [0.15, 0.2) is 0 Å². The van der Waals surface area contributed by atoms with Gasteiger partial charge in [0.2, 0.25) is 11.6 Å². The third-order valence-electron chi connectivity index (χ3n) is 1.03. The lowest BCUT2D eigenvalue weighted by Gasteiger charge is -1.91. The molecule has 6 heteroatoms. The highest BCUT2D eigenvalue weighted by atomic mass is 79.9. The van der Waals surface area contributed by atoms with Crippen LogP contribution in [0.5, 0.6) is 0 Å². The van der Waals surface area contributed by atoms with Crippen molar-refractivity contribution in [2.24, 2.45) is 5.84 Å². The highest BCUT2D eigenvalue weighted by Crippen LogP contribution is 2.25. The number of carbonyl (C=O) groups is 1. The van der Waals surface area contributed by atoms with Crippen LogP contribution < -0.4 is 11.3 Å². The number of hydrogen-bond donors (Lipinski definition) is 3. The summed E-state index contributed by atoms with van der Waals surface area (Å²) in [6, 6.07) is 1.32. The van der Waals surface area contributed by atoms with Gasteiger partial charge in [-0.15, -0.1) is 0 Å². The molecule has 0 atom stereocenters. The number of carboxylic acids is 1. The van der Waals surface area contributed by atoms with Gasteiger partial charge in [0, 0.05) is 6.07 Å². The summed E-state index contributed by atoms with van der Waals surface area (Å²) >= 11 is 3.05. The molecule has 0 amide bonds. The van der Waals surface area contributed by atoms with Crippen LogP contribution in [0.2, 0.25) is 0 Å². The van der Waals surface area contributed by atoms with Gasteiger partial charge in [-0.25, -0.2) is 10.6 Å². The van der Waals surface area contributed by atoms with Gasteiger partial charge in [-0.1, -0.05) is 0 Å². The van der Waals surface area contributed by atoms with Crippen LogP contribution in [0.3, 0.4) is 0 Å². The summed E-state index contributed by atoms with van der Waals surface area (Å²) in [6.07, 6.45) is 0. The zero-order chi connectivity index (χ0) is 8.43. The van der Waals surface area contributed by atoms with Gasteiger partial charge in [0.1, 0.15) is 0 Å². The normalized spacial score (nSPS) is 9.64. The molecule has 1 rings (SSSR count). The van der Waals surface area contributed by atoms with E-state index in [1.54, 1.807) is 0 Å². The van der Waals surface area contributed by atoms with E-state index in [0.29, 0.717) is 4.47 Å². The Bertz CT molecular complexity index is 283. The molecule has 11 heavy (non-hydrogen) atoms. The highest BCUT2D eigenvalue weighted by Gasteiger charge is 2.12. The molecule has 0 bridgehead atoms. The molecule has 0 aliphatic rings. The smallest absolute Gasteiger partial charge is 0.371 e. The van der Waals surface area contributed by atoms with Crippen LogP contribution in [0, 0.1) is 0 Å². The lowest BCUT2D eigenvalue weighted by molar-refractivity contribution is 0.0663. The van der Waals surface area contributed by atoms with E-state index in [0.717, 1.165) is 0 Å². The van der Waals surface area contributed by atoms with E-state index in [2.05, 4.69) is 21.4 Å². The van der Waals surface area contributed by atoms with Gasteiger partial charge in [-0.05, 0) is 15.9 Å². The summed E-state index contributed by atoms with van der Waals surface area (Å²) in [5.41, 5.74) is 2.19. The van der Waals surface area contributed by atoms with Gasteiger partial charge in [-0.2, -0.15) is 0 Å². The largest absolute Gasteiger partial charge is 0.475 e. The van der Waals surface area contributed by atoms with Crippen molar-refractivity contribution < 1.29 is 14.3 Å². The summed E-state index contributed by atoms with van der Waals surface area (Å²) < 4.78 is 5.23. The molecule has 0 radical (unpaired) electrons. The number of hydrogen-bond acceptors (Lipinski definition) is 4. The third-order valence-corrected chi connectivity index (χ3v) is 1.62. The second-order valence-corrected chi connectivity index (χ2v) is 2.59. The summed E-state index contributed by atoms with van der Waals surface area (Å²) in [4.78, 5) is 10.3. The Morgan fingerprint density at radius 3 is 2.73 bits per heavy atom. The second kappa shape index (κ2) is 2.93. The van der Waals surface area contributed by atoms with Gasteiger partial charge in [-0.3, -0.25) is 5.43 Å². The fourth-order valence-corrected chi connectivity index (χ4v) is 0.976. The molecule has 1 aromatic heterocycles. The zero-order valence-electron chi connectivity index (χ0n) is 5.30. The number of furan rings is 1. The molecule has 0 aliphatic carbocycles. The van der Waals surface area contributed by atoms with Crippen LogP contribution in [0.25, 0.3) is 0 Å². The van der Waals surface area contributed by atoms with Crippen molar-refractivity contribution in [2.75, 3.05) is 5.43 Å². The first-order valence-electron chi connectivity index (χ1n) is 2.64. The van der Waals surface area contributed by atoms with Crippen molar-refractivity contribution in [2.45, 2.75) is 0 Å². The molecule has 0 saturated carbocycles. The quantitative estimate of drug-likeness (QED) is 0.512. The number of rotatable bonds is 2. The van der Waals surface area contributed by atoms with E-state index < -0.39 is 5.97 Å². The fourth-order valence-electron chi connectivity index (χ4n) is 0.573. The SMILES string of the molecule is NNc1oc(C(=O)O)cc1Br. The van der Waals surface area contributed by atoms with Crippen molar-refractivity contribution >= 4 is 27.8 Å². The van der Waals surface area contributed by atoms with Crippen molar-refractivity contribution in [3.05, 3.63) is 16.3 Å². The number of halogens is 1. The van der Waals surface area contributed by atoms with Crippen LogP contribution in [0.4, 0.5) is 5.88 Å². The number of hydrazine groups is 1. The Balaban J connectivity index is 3.05. The minimum absolute atomic E-state index is 0.162. The molecule has 0 fully saturated rings. The molecule has 0 unspecified atom stereocenters. The van der Waals surface area contributed by atoms with E-state index in [1.165, 1.54) is 6.07 Å². The fraction of sp³-hybridized carbons (Fsp3) is 0. The summed E-state index contributed by atoms with van der Waals surface area (Å²) in [6.45, 7) is 0. The predicted molar refractivity (Wildman–Crippen MR) is 41.2 cm³/mol. The molecule has 5 nitrogen and oxygen atoms in total. The summed E-state index contributed by atoms with van der Waals surface area (Å²) in [5, 5.41) is 8.43. The van der Waals surface area contributed by atoms with E-state index in [-0.39, 0.29) is 11.6 Å². The Labute approximate surface area is 70.3 Å². The Morgan fingerprint density at radius 1 is 1.82 bits per heavy atom. The van der Waals surface area contributed by atoms with Gasteiger partial charge < -0.3 is 9.52 Å². The lowest BCUT2D eigenvalue weighted by Crippen LogP contribution is -2.05. The summed E-state index contributed by atoms with van der Waals surface area (Å²) in [7, 11) is 0. The number of nitrogen functional groups attached to an aromatic ring is 1. The van der Waals surface area contributed by atoms with Crippen molar-refractivity contribution in [3.63, 3.8) is 0 Å². The number of carboxylic acid groups (broad SMARTS) is 1. The number of nitrogens with one attached hydrogen (secondary N) is 1. The van der Waals surface area contributed by atoms with Crippen molar-refractivity contribution in [1.82, 2.24) is 0 Å². The first-order chi connectivity index (χ1) is 5.15.